The van der Waals surface area contributed by atoms with Crippen LogP contribution in [0, 0.1) is 23.1 Å². The third-order valence-electron chi connectivity index (χ3n) is 3.60. The van der Waals surface area contributed by atoms with Crippen LogP contribution >= 0.6 is 0 Å². The Morgan fingerprint density at radius 1 is 1.17 bits per heavy atom. The second-order valence-corrected chi connectivity index (χ2v) is 4.79. The summed E-state index contributed by atoms with van der Waals surface area (Å²) in [5, 5.41) is 8.39. The van der Waals surface area contributed by atoms with E-state index in [0.717, 1.165) is 31.2 Å². The molecule has 1 nitrogen and oxygen atoms in total. The van der Waals surface area contributed by atoms with E-state index in [2.05, 4.69) is 0 Å². The molecule has 3 heteroatoms. The van der Waals surface area contributed by atoms with Crippen LogP contribution in [-0.4, -0.2) is 0 Å². The van der Waals surface area contributed by atoms with Crippen LogP contribution in [0.1, 0.15) is 37.2 Å². The van der Waals surface area contributed by atoms with Crippen molar-refractivity contribution in [1.29, 1.82) is 5.26 Å². The fourth-order valence-electron chi connectivity index (χ4n) is 2.60. The highest BCUT2D eigenvalue weighted by Crippen LogP contribution is 2.36. The van der Waals surface area contributed by atoms with E-state index in [9.17, 15) is 8.78 Å². The highest BCUT2D eigenvalue weighted by molar-refractivity contribution is 5.21. The largest absolute Gasteiger partial charge is 0.207 e. The molecule has 0 aromatic heterocycles. The number of allylic oxidation sites excluding steroid dienone is 2. The fraction of sp³-hybridized carbons (Fsp3) is 0.400. The minimum Gasteiger partial charge on any atom is -0.207 e. The van der Waals surface area contributed by atoms with Gasteiger partial charge in [0, 0.05) is 0 Å². The summed E-state index contributed by atoms with van der Waals surface area (Å²) in [5.41, 5.74) is 1.15. The molecule has 1 aliphatic carbocycles. The van der Waals surface area contributed by atoms with Crippen molar-refractivity contribution in [2.75, 3.05) is 0 Å². The van der Waals surface area contributed by atoms with Crippen LogP contribution in [0.15, 0.2) is 36.2 Å². The molecule has 1 aromatic rings. The Kier molecular flexibility index (Phi) is 4.09. The second-order valence-electron chi connectivity index (χ2n) is 4.79. The van der Waals surface area contributed by atoms with Gasteiger partial charge in [-0.3, -0.25) is 0 Å². The highest BCUT2D eigenvalue weighted by Gasteiger charge is 2.21. The van der Waals surface area contributed by atoms with Crippen LogP contribution in [0.4, 0.5) is 8.78 Å². The maximum atomic E-state index is 12.8. The highest BCUT2D eigenvalue weighted by atomic mass is 19.1. The van der Waals surface area contributed by atoms with Crippen molar-refractivity contribution in [3.63, 3.8) is 0 Å². The summed E-state index contributed by atoms with van der Waals surface area (Å²) in [4.78, 5) is 0. The van der Waals surface area contributed by atoms with E-state index in [0.29, 0.717) is 5.92 Å². The Morgan fingerprint density at radius 3 is 2.33 bits per heavy atom. The summed E-state index contributed by atoms with van der Waals surface area (Å²) < 4.78 is 25.7. The number of hydrogen-bond acceptors (Lipinski definition) is 1. The summed E-state index contributed by atoms with van der Waals surface area (Å²) in [5.74, 6) is -0.298. The van der Waals surface area contributed by atoms with Crippen molar-refractivity contribution in [3.8, 4) is 6.07 Å². The van der Waals surface area contributed by atoms with Crippen LogP contribution in [0.5, 0.6) is 0 Å². The summed E-state index contributed by atoms with van der Waals surface area (Å²) in [6.45, 7) is 0. The zero-order valence-electron chi connectivity index (χ0n) is 10.1. The lowest BCUT2D eigenvalue weighted by Gasteiger charge is -2.26. The van der Waals surface area contributed by atoms with Gasteiger partial charge in [0.15, 0.2) is 5.83 Å². The van der Waals surface area contributed by atoms with Gasteiger partial charge in [0.25, 0.3) is 0 Å². The molecule has 0 atom stereocenters. The summed E-state index contributed by atoms with van der Waals surface area (Å²) >= 11 is 0. The van der Waals surface area contributed by atoms with Crippen molar-refractivity contribution < 1.29 is 8.78 Å². The average Bonchev–Trinajstić information content (AvgIpc) is 2.40. The monoisotopic (exact) mass is 247 g/mol. The van der Waals surface area contributed by atoms with E-state index in [4.69, 9.17) is 5.26 Å². The van der Waals surface area contributed by atoms with Crippen molar-refractivity contribution in [1.82, 2.24) is 0 Å². The number of nitrogens with zero attached hydrogens (tertiary/aromatic N) is 1. The lowest BCUT2D eigenvalue weighted by atomic mass is 9.78. The molecule has 0 radical (unpaired) electrons. The number of benzene rings is 1. The Morgan fingerprint density at radius 2 is 1.78 bits per heavy atom. The van der Waals surface area contributed by atoms with E-state index < -0.39 is 5.83 Å². The van der Waals surface area contributed by atoms with Gasteiger partial charge >= 0.3 is 0 Å². The van der Waals surface area contributed by atoms with Crippen LogP contribution in [-0.2, 0) is 0 Å². The number of hydrogen-bond donors (Lipinski definition) is 0. The minimum atomic E-state index is -0.680. The molecule has 18 heavy (non-hydrogen) atoms. The van der Waals surface area contributed by atoms with Crippen LogP contribution in [0.25, 0.3) is 0 Å². The molecule has 0 unspecified atom stereocenters. The van der Waals surface area contributed by atoms with Gasteiger partial charge in [-0.15, -0.1) is 0 Å². The molecule has 0 N–H and O–H groups in total. The molecule has 0 spiro atoms. The summed E-state index contributed by atoms with van der Waals surface area (Å²) in [7, 11) is 0. The molecule has 0 saturated heterocycles. The Bertz CT molecular complexity index is 462. The molecule has 0 aliphatic heterocycles. The van der Waals surface area contributed by atoms with Crippen LogP contribution in [0.2, 0.25) is 0 Å². The molecule has 1 saturated carbocycles. The Balaban J connectivity index is 1.95. The minimum absolute atomic E-state index is 0.168. The SMILES string of the molecule is N#C/C(F)=C/C1CCC(c2ccc(F)cc2)CC1. The standard InChI is InChI=1S/C15H15F2N/c16-14-7-5-13(6-8-14)12-3-1-11(2-4-12)9-15(17)10-18/h5-9,11-12H,1-4H2/b15-9-. The van der Waals surface area contributed by atoms with Crippen molar-refractivity contribution in [2.24, 2.45) is 5.92 Å². The lowest BCUT2D eigenvalue weighted by Crippen LogP contribution is -2.12. The van der Waals surface area contributed by atoms with Crippen LogP contribution < -0.4 is 0 Å². The smallest absolute Gasteiger partial charge is 0.196 e. The van der Waals surface area contributed by atoms with Crippen molar-refractivity contribution in [2.45, 2.75) is 31.6 Å². The van der Waals surface area contributed by atoms with Crippen molar-refractivity contribution in [3.05, 3.63) is 47.5 Å². The maximum Gasteiger partial charge on any atom is 0.196 e. The van der Waals surface area contributed by atoms with E-state index in [1.54, 1.807) is 0 Å². The summed E-state index contributed by atoms with van der Waals surface area (Å²) in [6, 6.07) is 8.13. The van der Waals surface area contributed by atoms with E-state index in [-0.39, 0.29) is 11.7 Å². The Labute approximate surface area is 106 Å². The van der Waals surface area contributed by atoms with Gasteiger partial charge < -0.3 is 0 Å². The molecule has 0 bridgehead atoms. The molecular weight excluding hydrogens is 232 g/mol. The fourth-order valence-corrected chi connectivity index (χ4v) is 2.60. The molecule has 0 heterocycles. The molecular formula is C15H15F2N. The van der Waals surface area contributed by atoms with Gasteiger partial charge in [0.05, 0.1) is 0 Å². The zero-order valence-corrected chi connectivity index (χ0v) is 10.1. The molecule has 0 amide bonds. The Hall–Kier alpha value is -1.69. The first kappa shape index (κ1) is 12.8. The first-order valence-electron chi connectivity index (χ1n) is 6.22. The van der Waals surface area contributed by atoms with Gasteiger partial charge in [-0.1, -0.05) is 12.1 Å². The van der Waals surface area contributed by atoms with Gasteiger partial charge in [-0.05, 0) is 61.3 Å². The van der Waals surface area contributed by atoms with Crippen LogP contribution in [0.3, 0.4) is 0 Å². The zero-order chi connectivity index (χ0) is 13.0. The van der Waals surface area contributed by atoms with Gasteiger partial charge in [-0.2, -0.15) is 9.65 Å². The van der Waals surface area contributed by atoms with Gasteiger partial charge in [0.1, 0.15) is 11.9 Å². The summed E-state index contributed by atoms with van der Waals surface area (Å²) in [6.07, 6.45) is 5.13. The second kappa shape index (κ2) is 5.77. The van der Waals surface area contributed by atoms with E-state index in [1.165, 1.54) is 24.3 Å². The van der Waals surface area contributed by atoms with Crippen molar-refractivity contribution >= 4 is 0 Å². The first-order chi connectivity index (χ1) is 8.69. The molecule has 94 valence electrons. The molecule has 2 rings (SSSR count). The average molecular weight is 247 g/mol. The normalized spacial score (nSPS) is 24.6. The first-order valence-corrected chi connectivity index (χ1v) is 6.22. The van der Waals surface area contributed by atoms with E-state index >= 15 is 0 Å². The quantitative estimate of drug-likeness (QED) is 0.707. The molecule has 1 aromatic carbocycles. The predicted octanol–water partition coefficient (Wildman–Crippen LogP) is 4.48. The maximum absolute atomic E-state index is 12.8. The van der Waals surface area contributed by atoms with Gasteiger partial charge in [0.2, 0.25) is 0 Å². The lowest BCUT2D eigenvalue weighted by molar-refractivity contribution is 0.372. The number of rotatable bonds is 2. The van der Waals surface area contributed by atoms with Gasteiger partial charge in [-0.25, -0.2) is 4.39 Å². The third-order valence-corrected chi connectivity index (χ3v) is 3.60. The van der Waals surface area contributed by atoms with E-state index in [1.807, 2.05) is 12.1 Å². The molecule has 1 fully saturated rings. The molecule has 1 aliphatic rings. The number of nitriles is 1. The number of halogens is 2. The predicted molar refractivity (Wildman–Crippen MR) is 65.9 cm³/mol. The third kappa shape index (κ3) is 3.16. The topological polar surface area (TPSA) is 23.8 Å².